The van der Waals surface area contributed by atoms with Crippen LogP contribution in [0.2, 0.25) is 0 Å². The summed E-state index contributed by atoms with van der Waals surface area (Å²) in [6.45, 7) is 0. The standard InChI is InChI=1S/C19H18O2P2/c20-22(21)15-16-8-7-13-19(14-16)23(17-9-3-1-4-10-17)18-11-5-2-6-12-18/h1-14,22H,15H2,(H,20,21). The zero-order valence-corrected chi connectivity index (χ0v) is 14.5. The van der Waals surface area contributed by atoms with E-state index >= 15 is 0 Å². The van der Waals surface area contributed by atoms with Crippen molar-refractivity contribution < 1.29 is 9.46 Å². The number of benzene rings is 3. The van der Waals surface area contributed by atoms with Crippen LogP contribution in [0.5, 0.6) is 0 Å². The van der Waals surface area contributed by atoms with Crippen molar-refractivity contribution in [3.05, 3.63) is 90.5 Å². The predicted molar refractivity (Wildman–Crippen MR) is 100 cm³/mol. The van der Waals surface area contributed by atoms with Gasteiger partial charge in [-0.15, -0.1) is 0 Å². The number of hydrogen-bond donors (Lipinski definition) is 1. The van der Waals surface area contributed by atoms with Crippen LogP contribution in [0.25, 0.3) is 0 Å². The molecule has 1 N–H and O–H groups in total. The highest BCUT2D eigenvalue weighted by atomic mass is 31.1. The van der Waals surface area contributed by atoms with Crippen LogP contribution in [0.1, 0.15) is 5.56 Å². The smallest absolute Gasteiger partial charge is 0.193 e. The van der Waals surface area contributed by atoms with E-state index in [2.05, 4.69) is 60.7 Å². The van der Waals surface area contributed by atoms with Crippen LogP contribution in [0, 0.1) is 0 Å². The zero-order chi connectivity index (χ0) is 16.1. The summed E-state index contributed by atoms with van der Waals surface area (Å²) < 4.78 is 11.2. The maximum atomic E-state index is 11.2. The van der Waals surface area contributed by atoms with Crippen molar-refractivity contribution >= 4 is 31.9 Å². The number of rotatable bonds is 5. The number of hydrogen-bond acceptors (Lipinski definition) is 1. The Labute approximate surface area is 138 Å². The molecule has 0 aromatic heterocycles. The Morgan fingerprint density at radius 1 is 0.739 bits per heavy atom. The lowest BCUT2D eigenvalue weighted by atomic mass is 10.2. The van der Waals surface area contributed by atoms with Crippen molar-refractivity contribution in [1.29, 1.82) is 0 Å². The Kier molecular flexibility index (Phi) is 5.41. The molecule has 3 rings (SSSR count). The van der Waals surface area contributed by atoms with Gasteiger partial charge in [0.1, 0.15) is 0 Å². The molecular weight excluding hydrogens is 322 g/mol. The molecular formula is C19H18O2P2. The summed E-state index contributed by atoms with van der Waals surface area (Å²) in [5.41, 5.74) is 0.924. The van der Waals surface area contributed by atoms with Crippen molar-refractivity contribution in [2.75, 3.05) is 0 Å². The van der Waals surface area contributed by atoms with E-state index < -0.39 is 15.9 Å². The second-order valence-corrected chi connectivity index (χ2v) is 8.61. The summed E-state index contributed by atoms with van der Waals surface area (Å²) >= 11 is 0. The zero-order valence-electron chi connectivity index (χ0n) is 12.6. The lowest BCUT2D eigenvalue weighted by molar-refractivity contribution is 0.502. The van der Waals surface area contributed by atoms with E-state index in [0.29, 0.717) is 0 Å². The Morgan fingerprint density at radius 3 is 1.78 bits per heavy atom. The molecule has 0 aliphatic carbocycles. The molecule has 1 atom stereocenters. The molecule has 0 fully saturated rings. The van der Waals surface area contributed by atoms with Crippen molar-refractivity contribution in [2.45, 2.75) is 6.16 Å². The molecule has 0 aliphatic rings. The molecule has 0 amide bonds. The van der Waals surface area contributed by atoms with Crippen LogP contribution >= 0.6 is 15.9 Å². The normalized spacial score (nSPS) is 12.3. The fourth-order valence-corrected chi connectivity index (χ4v) is 5.52. The van der Waals surface area contributed by atoms with E-state index in [0.717, 1.165) is 5.56 Å². The van der Waals surface area contributed by atoms with Gasteiger partial charge in [-0.05, 0) is 29.4 Å². The summed E-state index contributed by atoms with van der Waals surface area (Å²) in [4.78, 5) is 9.22. The third kappa shape index (κ3) is 4.18. The molecule has 0 bridgehead atoms. The molecule has 0 radical (unpaired) electrons. The summed E-state index contributed by atoms with van der Waals surface area (Å²) in [6.07, 6.45) is 0.241. The van der Waals surface area contributed by atoms with Gasteiger partial charge in [-0.2, -0.15) is 0 Å². The average Bonchev–Trinajstić information content (AvgIpc) is 2.57. The first kappa shape index (κ1) is 16.1. The molecule has 3 aromatic carbocycles. The highest BCUT2D eigenvalue weighted by Crippen LogP contribution is 2.33. The van der Waals surface area contributed by atoms with Gasteiger partial charge in [-0.25, -0.2) is 0 Å². The largest absolute Gasteiger partial charge is 0.346 e. The van der Waals surface area contributed by atoms with Crippen LogP contribution in [0.3, 0.4) is 0 Å². The molecule has 0 heterocycles. The minimum Gasteiger partial charge on any atom is -0.346 e. The lowest BCUT2D eigenvalue weighted by Gasteiger charge is -2.19. The molecule has 2 nitrogen and oxygen atoms in total. The van der Waals surface area contributed by atoms with Crippen molar-refractivity contribution in [2.24, 2.45) is 0 Å². The molecule has 1 unspecified atom stereocenters. The van der Waals surface area contributed by atoms with Crippen LogP contribution in [0.4, 0.5) is 0 Å². The van der Waals surface area contributed by atoms with Crippen LogP contribution in [-0.2, 0) is 10.7 Å². The molecule has 23 heavy (non-hydrogen) atoms. The molecule has 0 spiro atoms. The Bertz CT molecular complexity index is 749. The van der Waals surface area contributed by atoms with Crippen molar-refractivity contribution in [1.82, 2.24) is 0 Å². The fraction of sp³-hybridized carbons (Fsp3) is 0.0526. The fourth-order valence-electron chi connectivity index (χ4n) is 2.58. The highest BCUT2D eigenvalue weighted by molar-refractivity contribution is 7.79. The molecule has 0 saturated carbocycles. The van der Waals surface area contributed by atoms with E-state index in [1.165, 1.54) is 15.9 Å². The van der Waals surface area contributed by atoms with Crippen LogP contribution in [0.15, 0.2) is 84.9 Å². The van der Waals surface area contributed by atoms with Gasteiger partial charge in [0.25, 0.3) is 0 Å². The molecule has 116 valence electrons. The van der Waals surface area contributed by atoms with Crippen LogP contribution in [-0.4, -0.2) is 4.89 Å². The van der Waals surface area contributed by atoms with Gasteiger partial charge in [0, 0.05) is 6.16 Å². The van der Waals surface area contributed by atoms with Gasteiger partial charge in [-0.1, -0.05) is 84.9 Å². The van der Waals surface area contributed by atoms with Gasteiger partial charge < -0.3 is 4.89 Å². The first-order chi connectivity index (χ1) is 11.2. The van der Waals surface area contributed by atoms with Gasteiger partial charge >= 0.3 is 0 Å². The minimum atomic E-state index is -2.50. The quantitative estimate of drug-likeness (QED) is 0.723. The molecule has 0 aliphatic heterocycles. The van der Waals surface area contributed by atoms with E-state index in [9.17, 15) is 9.46 Å². The average molecular weight is 340 g/mol. The molecule has 3 aromatic rings. The van der Waals surface area contributed by atoms with Crippen LogP contribution < -0.4 is 15.9 Å². The summed E-state index contributed by atoms with van der Waals surface area (Å²) in [6, 6.07) is 29.0. The third-order valence-electron chi connectivity index (χ3n) is 3.55. The highest BCUT2D eigenvalue weighted by Gasteiger charge is 2.16. The second kappa shape index (κ2) is 7.70. The van der Waals surface area contributed by atoms with E-state index in [1.54, 1.807) is 0 Å². The molecule has 0 saturated heterocycles. The van der Waals surface area contributed by atoms with E-state index in [-0.39, 0.29) is 6.16 Å². The lowest BCUT2D eigenvalue weighted by Crippen LogP contribution is -2.20. The minimum absolute atomic E-state index is 0.241. The topological polar surface area (TPSA) is 37.3 Å². The van der Waals surface area contributed by atoms with Gasteiger partial charge in [0.2, 0.25) is 0 Å². The maximum Gasteiger partial charge on any atom is 0.193 e. The maximum absolute atomic E-state index is 11.2. The van der Waals surface area contributed by atoms with Gasteiger partial charge in [0.15, 0.2) is 8.03 Å². The summed E-state index contributed by atoms with van der Waals surface area (Å²) in [7, 11) is -3.16. The predicted octanol–water partition coefficient (Wildman–Crippen LogP) is 3.41. The summed E-state index contributed by atoms with van der Waals surface area (Å²) in [5, 5.41) is 3.77. The summed E-state index contributed by atoms with van der Waals surface area (Å²) in [5.74, 6) is 0. The first-order valence-corrected chi connectivity index (χ1v) is 10.4. The first-order valence-electron chi connectivity index (χ1n) is 7.45. The second-order valence-electron chi connectivity index (χ2n) is 5.25. The van der Waals surface area contributed by atoms with Gasteiger partial charge in [-0.3, -0.25) is 4.57 Å². The van der Waals surface area contributed by atoms with Crippen molar-refractivity contribution in [3.63, 3.8) is 0 Å². The monoisotopic (exact) mass is 340 g/mol. The van der Waals surface area contributed by atoms with Crippen molar-refractivity contribution in [3.8, 4) is 0 Å². The Hall–Kier alpha value is -1.72. The van der Waals surface area contributed by atoms with Gasteiger partial charge in [0.05, 0.1) is 0 Å². The van der Waals surface area contributed by atoms with E-state index in [4.69, 9.17) is 0 Å². The Balaban J connectivity index is 2.07. The molecule has 4 heteroatoms. The SMILES string of the molecule is O=[PH](O)Cc1cccc(P(c2ccccc2)c2ccccc2)c1. The third-order valence-corrected chi connectivity index (χ3v) is 6.69. The van der Waals surface area contributed by atoms with E-state index in [1.807, 2.05) is 24.3 Å². The Morgan fingerprint density at radius 2 is 1.26 bits per heavy atom.